The fourth-order valence-electron chi connectivity index (χ4n) is 3.91. The van der Waals surface area contributed by atoms with E-state index in [-0.39, 0.29) is 11.8 Å². The van der Waals surface area contributed by atoms with E-state index in [2.05, 4.69) is 27.6 Å². The summed E-state index contributed by atoms with van der Waals surface area (Å²) in [7, 11) is 1.97. The zero-order chi connectivity index (χ0) is 18.4. The smallest absolute Gasteiger partial charge is 0.227 e. The number of hydrogen-bond acceptors (Lipinski definition) is 4. The molecule has 1 heterocycles. The Morgan fingerprint density at radius 3 is 2.62 bits per heavy atom. The Hall–Kier alpha value is -1.82. The van der Waals surface area contributed by atoms with Crippen molar-refractivity contribution in [3.05, 3.63) is 41.7 Å². The summed E-state index contributed by atoms with van der Waals surface area (Å²) in [6.45, 7) is 0.593. The average molecular weight is 373 g/mol. The summed E-state index contributed by atoms with van der Waals surface area (Å²) in [6, 6.07) is 10.2. The molecule has 1 aliphatic carbocycles. The van der Waals surface area contributed by atoms with Gasteiger partial charge in [0, 0.05) is 20.0 Å². The molecule has 1 amide bonds. The van der Waals surface area contributed by atoms with Crippen LogP contribution in [0.5, 0.6) is 0 Å². The quantitative estimate of drug-likeness (QED) is 0.755. The van der Waals surface area contributed by atoms with Gasteiger partial charge in [0.2, 0.25) is 5.91 Å². The van der Waals surface area contributed by atoms with Gasteiger partial charge in [0.15, 0.2) is 5.16 Å². The molecule has 3 rings (SSSR count). The molecule has 0 spiro atoms. The van der Waals surface area contributed by atoms with Gasteiger partial charge < -0.3 is 9.88 Å². The molecule has 26 heavy (non-hydrogen) atoms. The molecular weight excluding hydrogens is 344 g/mol. The second-order valence-electron chi connectivity index (χ2n) is 6.99. The van der Waals surface area contributed by atoms with Gasteiger partial charge in [0.05, 0.1) is 5.92 Å². The van der Waals surface area contributed by atoms with E-state index >= 15 is 0 Å². The number of carbonyl (C=O) groups excluding carboxylic acids is 1. The summed E-state index contributed by atoms with van der Waals surface area (Å²) in [5, 5.41) is 12.4. The van der Waals surface area contributed by atoms with Crippen molar-refractivity contribution in [3.8, 4) is 0 Å². The van der Waals surface area contributed by atoms with Crippen molar-refractivity contribution >= 4 is 17.7 Å². The predicted octanol–water partition coefficient (Wildman–Crippen LogP) is 3.56. The van der Waals surface area contributed by atoms with Gasteiger partial charge in [-0.25, -0.2) is 0 Å². The highest BCUT2D eigenvalue weighted by atomic mass is 32.2. The largest absolute Gasteiger partial charge is 0.355 e. The maximum atomic E-state index is 13.0. The molecule has 1 aromatic carbocycles. The molecule has 6 heteroatoms. The summed E-state index contributed by atoms with van der Waals surface area (Å²) in [4.78, 5) is 13.0. The number of rotatable bonds is 7. The standard InChI is InChI=1S/C20H28N4OS/c1-24-17(22-23-20(24)26-2)13-14-21-19(25)18(15-9-5-3-6-10-15)16-11-7-4-8-12-16/h3,5-6,9-10,16,18H,4,7-8,11-14H2,1-2H3,(H,21,25)/t18-/m1/s1. The lowest BCUT2D eigenvalue weighted by atomic mass is 9.76. The summed E-state index contributed by atoms with van der Waals surface area (Å²) in [5.74, 6) is 1.46. The van der Waals surface area contributed by atoms with Crippen molar-refractivity contribution in [2.45, 2.75) is 49.6 Å². The van der Waals surface area contributed by atoms with Gasteiger partial charge in [-0.3, -0.25) is 4.79 Å². The van der Waals surface area contributed by atoms with Crippen LogP contribution in [0.1, 0.15) is 49.4 Å². The molecule has 1 atom stereocenters. The third-order valence-electron chi connectivity index (χ3n) is 5.32. The van der Waals surface area contributed by atoms with E-state index in [1.807, 2.05) is 36.1 Å². The van der Waals surface area contributed by atoms with Crippen LogP contribution < -0.4 is 5.32 Å². The lowest BCUT2D eigenvalue weighted by Gasteiger charge is -2.29. The third-order valence-corrected chi connectivity index (χ3v) is 6.04. The van der Waals surface area contributed by atoms with Crippen LogP contribution in [0.15, 0.2) is 35.5 Å². The molecule has 0 aliphatic heterocycles. The van der Waals surface area contributed by atoms with E-state index < -0.39 is 0 Å². The summed E-state index contributed by atoms with van der Waals surface area (Å²) < 4.78 is 1.99. The lowest BCUT2D eigenvalue weighted by molar-refractivity contribution is -0.124. The Bertz CT molecular complexity index is 710. The van der Waals surface area contributed by atoms with Crippen molar-refractivity contribution in [2.75, 3.05) is 12.8 Å². The number of thioether (sulfide) groups is 1. The minimum absolute atomic E-state index is 0.0437. The highest BCUT2D eigenvalue weighted by Crippen LogP contribution is 2.36. The second kappa shape index (κ2) is 9.21. The SMILES string of the molecule is CSc1nnc(CCNC(=O)[C@H](c2ccccc2)C2CCCCC2)n1C. The molecule has 0 saturated heterocycles. The van der Waals surface area contributed by atoms with Crippen LogP contribution in [-0.4, -0.2) is 33.5 Å². The van der Waals surface area contributed by atoms with Crippen LogP contribution in [-0.2, 0) is 18.3 Å². The molecule has 0 radical (unpaired) electrons. The molecule has 1 aromatic heterocycles. The van der Waals surface area contributed by atoms with Crippen molar-refractivity contribution in [1.82, 2.24) is 20.1 Å². The predicted molar refractivity (Wildman–Crippen MR) is 105 cm³/mol. The van der Waals surface area contributed by atoms with Crippen LogP contribution in [0.4, 0.5) is 0 Å². The fourth-order valence-corrected chi connectivity index (χ4v) is 4.42. The first-order chi connectivity index (χ1) is 12.7. The molecule has 0 unspecified atom stereocenters. The maximum Gasteiger partial charge on any atom is 0.227 e. The average Bonchev–Trinajstić information content (AvgIpc) is 3.03. The monoisotopic (exact) mass is 372 g/mol. The molecule has 1 aliphatic rings. The molecule has 1 N–H and O–H groups in total. The van der Waals surface area contributed by atoms with Gasteiger partial charge in [-0.2, -0.15) is 0 Å². The van der Waals surface area contributed by atoms with Gasteiger partial charge in [-0.15, -0.1) is 10.2 Å². The van der Waals surface area contributed by atoms with E-state index in [4.69, 9.17) is 0 Å². The number of hydrogen-bond donors (Lipinski definition) is 1. The molecule has 140 valence electrons. The number of amides is 1. The number of carbonyl (C=O) groups is 1. The van der Waals surface area contributed by atoms with Crippen LogP contribution in [0.3, 0.4) is 0 Å². The van der Waals surface area contributed by atoms with Gasteiger partial charge in [0.1, 0.15) is 5.82 Å². The first-order valence-corrected chi connectivity index (χ1v) is 10.7. The highest BCUT2D eigenvalue weighted by Gasteiger charge is 2.30. The number of nitrogens with one attached hydrogen (secondary N) is 1. The fraction of sp³-hybridized carbons (Fsp3) is 0.550. The van der Waals surface area contributed by atoms with Crippen LogP contribution >= 0.6 is 11.8 Å². The molecule has 1 fully saturated rings. The molecule has 2 aromatic rings. The Balaban J connectivity index is 1.64. The van der Waals surface area contributed by atoms with Crippen molar-refractivity contribution in [1.29, 1.82) is 0 Å². The zero-order valence-electron chi connectivity index (χ0n) is 15.6. The second-order valence-corrected chi connectivity index (χ2v) is 7.76. The van der Waals surface area contributed by atoms with Crippen LogP contribution in [0, 0.1) is 5.92 Å². The van der Waals surface area contributed by atoms with E-state index in [1.165, 1.54) is 19.3 Å². The Kier molecular flexibility index (Phi) is 6.72. The number of benzene rings is 1. The van der Waals surface area contributed by atoms with E-state index in [1.54, 1.807) is 11.8 Å². The molecular formula is C20H28N4OS. The lowest BCUT2D eigenvalue weighted by Crippen LogP contribution is -2.35. The van der Waals surface area contributed by atoms with Crippen LogP contribution in [0.25, 0.3) is 0 Å². The first-order valence-electron chi connectivity index (χ1n) is 9.45. The number of nitrogens with zero attached hydrogens (tertiary/aromatic N) is 3. The highest BCUT2D eigenvalue weighted by molar-refractivity contribution is 7.98. The summed E-state index contributed by atoms with van der Waals surface area (Å²) in [5.41, 5.74) is 1.14. The third kappa shape index (κ3) is 4.47. The van der Waals surface area contributed by atoms with Crippen molar-refractivity contribution in [2.24, 2.45) is 13.0 Å². The van der Waals surface area contributed by atoms with Gasteiger partial charge in [-0.1, -0.05) is 61.4 Å². The molecule has 5 nitrogen and oxygen atoms in total. The maximum absolute atomic E-state index is 13.0. The Morgan fingerprint density at radius 1 is 1.23 bits per heavy atom. The summed E-state index contributed by atoms with van der Waals surface area (Å²) in [6.07, 6.45) is 8.74. The Labute approximate surface area is 160 Å². The minimum Gasteiger partial charge on any atom is -0.355 e. The Morgan fingerprint density at radius 2 is 1.96 bits per heavy atom. The normalized spacial score (nSPS) is 16.4. The van der Waals surface area contributed by atoms with E-state index in [0.717, 1.165) is 29.4 Å². The van der Waals surface area contributed by atoms with Gasteiger partial charge in [-0.05, 0) is 30.6 Å². The van der Waals surface area contributed by atoms with Gasteiger partial charge in [0.25, 0.3) is 0 Å². The topological polar surface area (TPSA) is 59.8 Å². The van der Waals surface area contributed by atoms with Gasteiger partial charge >= 0.3 is 0 Å². The zero-order valence-corrected chi connectivity index (χ0v) is 16.5. The number of aromatic nitrogens is 3. The van der Waals surface area contributed by atoms with Crippen LogP contribution in [0.2, 0.25) is 0 Å². The van der Waals surface area contributed by atoms with Crippen molar-refractivity contribution in [3.63, 3.8) is 0 Å². The van der Waals surface area contributed by atoms with Crippen molar-refractivity contribution < 1.29 is 4.79 Å². The first kappa shape index (κ1) is 19.0. The molecule has 0 bridgehead atoms. The summed E-state index contributed by atoms with van der Waals surface area (Å²) >= 11 is 1.58. The van der Waals surface area contributed by atoms with E-state index in [0.29, 0.717) is 18.9 Å². The van der Waals surface area contributed by atoms with E-state index in [9.17, 15) is 4.79 Å². The minimum atomic E-state index is -0.0437. The molecule has 1 saturated carbocycles.